The number of benzene rings is 1. The first-order chi connectivity index (χ1) is 9.13. The molecule has 2 N–H and O–H groups in total. The van der Waals surface area contributed by atoms with Crippen molar-refractivity contribution in [2.24, 2.45) is 0 Å². The zero-order valence-corrected chi connectivity index (χ0v) is 11.3. The lowest BCUT2D eigenvalue weighted by atomic mass is 10.1. The molecule has 1 saturated carbocycles. The van der Waals surface area contributed by atoms with Gasteiger partial charge in [-0.15, -0.1) is 11.3 Å². The van der Waals surface area contributed by atoms with Gasteiger partial charge in [0.1, 0.15) is 0 Å². The van der Waals surface area contributed by atoms with Crippen LogP contribution in [-0.2, 0) is 0 Å². The number of nitrogens with one attached hydrogen (secondary N) is 1. The number of rotatable bonds is 4. The highest BCUT2D eigenvalue weighted by Gasteiger charge is 2.26. The standard InChI is InChI=1S/C14H14N2O2S/c1-8-6-10(13(17)18)4-5-11(8)15-14-16-12(7-19-14)9-2-3-9/h4-7,9H,2-3H2,1H3,(H,15,16)(H,17,18). The Morgan fingerprint density at radius 1 is 1.47 bits per heavy atom. The predicted octanol–water partition coefficient (Wildman–Crippen LogP) is 3.77. The van der Waals surface area contributed by atoms with Crippen LogP contribution in [0.4, 0.5) is 10.8 Å². The summed E-state index contributed by atoms with van der Waals surface area (Å²) in [6.45, 7) is 1.89. The summed E-state index contributed by atoms with van der Waals surface area (Å²) in [7, 11) is 0. The van der Waals surface area contributed by atoms with Gasteiger partial charge in [-0.1, -0.05) is 0 Å². The van der Waals surface area contributed by atoms with E-state index >= 15 is 0 Å². The zero-order chi connectivity index (χ0) is 13.4. The average Bonchev–Trinajstić information content (AvgIpc) is 3.12. The molecule has 1 aromatic carbocycles. The monoisotopic (exact) mass is 274 g/mol. The summed E-state index contributed by atoms with van der Waals surface area (Å²) in [5.74, 6) is -0.248. The number of hydrogen-bond donors (Lipinski definition) is 2. The van der Waals surface area contributed by atoms with Crippen molar-refractivity contribution in [1.82, 2.24) is 4.98 Å². The Bertz CT molecular complexity index is 632. The SMILES string of the molecule is Cc1cc(C(=O)O)ccc1Nc1nc(C2CC2)cs1. The second kappa shape index (κ2) is 4.66. The minimum absolute atomic E-state index is 0.306. The highest BCUT2D eigenvalue weighted by atomic mass is 32.1. The van der Waals surface area contributed by atoms with E-state index in [1.54, 1.807) is 29.5 Å². The molecule has 1 heterocycles. The second-order valence-corrected chi connectivity index (χ2v) is 5.67. The van der Waals surface area contributed by atoms with E-state index in [4.69, 9.17) is 5.11 Å². The molecule has 0 spiro atoms. The fourth-order valence-electron chi connectivity index (χ4n) is 1.96. The number of hydrogen-bond acceptors (Lipinski definition) is 4. The molecule has 0 saturated heterocycles. The number of carboxylic acids is 1. The fraction of sp³-hybridized carbons (Fsp3) is 0.286. The van der Waals surface area contributed by atoms with E-state index in [0.717, 1.165) is 16.4 Å². The van der Waals surface area contributed by atoms with Gasteiger partial charge in [0.25, 0.3) is 0 Å². The van der Waals surface area contributed by atoms with Crippen LogP contribution in [-0.4, -0.2) is 16.1 Å². The first kappa shape index (κ1) is 12.2. The van der Waals surface area contributed by atoms with Gasteiger partial charge >= 0.3 is 5.97 Å². The topological polar surface area (TPSA) is 62.2 Å². The lowest BCUT2D eigenvalue weighted by Crippen LogP contribution is -1.99. The van der Waals surface area contributed by atoms with Gasteiger partial charge in [0.2, 0.25) is 0 Å². The summed E-state index contributed by atoms with van der Waals surface area (Å²) in [4.78, 5) is 15.4. The fourth-order valence-corrected chi connectivity index (χ4v) is 2.77. The first-order valence-electron chi connectivity index (χ1n) is 6.20. The molecule has 1 aromatic heterocycles. The maximum Gasteiger partial charge on any atom is 0.335 e. The molecular weight excluding hydrogens is 260 g/mol. The predicted molar refractivity (Wildman–Crippen MR) is 75.5 cm³/mol. The Morgan fingerprint density at radius 2 is 2.26 bits per heavy atom. The quantitative estimate of drug-likeness (QED) is 0.890. The van der Waals surface area contributed by atoms with Crippen LogP contribution in [0.1, 0.15) is 40.4 Å². The summed E-state index contributed by atoms with van der Waals surface area (Å²) in [6.07, 6.45) is 2.49. The van der Waals surface area contributed by atoms with Gasteiger partial charge in [-0.05, 0) is 43.5 Å². The Labute approximate surface area is 115 Å². The molecule has 0 radical (unpaired) electrons. The largest absolute Gasteiger partial charge is 0.478 e. The Morgan fingerprint density at radius 3 is 2.89 bits per heavy atom. The Balaban J connectivity index is 1.79. The minimum atomic E-state index is -0.903. The van der Waals surface area contributed by atoms with Crippen molar-refractivity contribution in [1.29, 1.82) is 0 Å². The van der Waals surface area contributed by atoms with E-state index < -0.39 is 5.97 Å². The third kappa shape index (κ3) is 2.61. The summed E-state index contributed by atoms with van der Waals surface area (Å²) in [5.41, 5.74) is 3.29. The summed E-state index contributed by atoms with van der Waals surface area (Å²) in [5, 5.41) is 15.2. The van der Waals surface area contributed by atoms with E-state index in [2.05, 4.69) is 15.7 Å². The van der Waals surface area contributed by atoms with Gasteiger partial charge in [-0.25, -0.2) is 9.78 Å². The van der Waals surface area contributed by atoms with Crippen LogP contribution in [0.25, 0.3) is 0 Å². The highest BCUT2D eigenvalue weighted by Crippen LogP contribution is 2.41. The summed E-state index contributed by atoms with van der Waals surface area (Å²) < 4.78 is 0. The number of aryl methyl sites for hydroxylation is 1. The number of carbonyl (C=O) groups is 1. The van der Waals surface area contributed by atoms with Crippen LogP contribution < -0.4 is 5.32 Å². The number of carboxylic acid groups (broad SMARTS) is 1. The van der Waals surface area contributed by atoms with Crippen LogP contribution in [0.5, 0.6) is 0 Å². The van der Waals surface area contributed by atoms with Crippen LogP contribution in [0, 0.1) is 6.92 Å². The van der Waals surface area contributed by atoms with Gasteiger partial charge in [0.05, 0.1) is 11.3 Å². The van der Waals surface area contributed by atoms with Crippen molar-refractivity contribution in [2.75, 3.05) is 5.32 Å². The molecule has 4 nitrogen and oxygen atoms in total. The third-order valence-electron chi connectivity index (χ3n) is 3.23. The Kier molecular flexibility index (Phi) is 2.98. The number of anilines is 2. The number of aromatic nitrogens is 1. The highest BCUT2D eigenvalue weighted by molar-refractivity contribution is 7.13. The number of aromatic carboxylic acids is 1. The maximum atomic E-state index is 10.9. The molecule has 1 aliphatic rings. The molecule has 98 valence electrons. The van der Waals surface area contributed by atoms with Gasteiger partial charge in [0, 0.05) is 17.0 Å². The molecule has 0 unspecified atom stereocenters. The van der Waals surface area contributed by atoms with Crippen LogP contribution in [0.3, 0.4) is 0 Å². The van der Waals surface area contributed by atoms with Gasteiger partial charge in [0.15, 0.2) is 5.13 Å². The molecule has 0 atom stereocenters. The van der Waals surface area contributed by atoms with E-state index in [-0.39, 0.29) is 0 Å². The van der Waals surface area contributed by atoms with Crippen LogP contribution in [0.15, 0.2) is 23.6 Å². The molecule has 0 aliphatic heterocycles. The summed E-state index contributed by atoms with van der Waals surface area (Å²) >= 11 is 1.59. The molecule has 2 aromatic rings. The molecule has 0 amide bonds. The molecule has 1 aliphatic carbocycles. The molecule has 19 heavy (non-hydrogen) atoms. The van der Waals surface area contributed by atoms with Crippen molar-refractivity contribution >= 4 is 28.1 Å². The lowest BCUT2D eigenvalue weighted by Gasteiger charge is -2.07. The van der Waals surface area contributed by atoms with Crippen molar-refractivity contribution in [3.63, 3.8) is 0 Å². The van der Waals surface area contributed by atoms with E-state index in [1.807, 2.05) is 6.92 Å². The molecule has 0 bridgehead atoms. The van der Waals surface area contributed by atoms with Gasteiger partial charge in [-0.3, -0.25) is 0 Å². The first-order valence-corrected chi connectivity index (χ1v) is 7.08. The maximum absolute atomic E-state index is 10.9. The van der Waals surface area contributed by atoms with Crippen LogP contribution in [0.2, 0.25) is 0 Å². The normalized spacial score (nSPS) is 14.4. The Hall–Kier alpha value is -1.88. The lowest BCUT2D eigenvalue weighted by molar-refractivity contribution is 0.0697. The van der Waals surface area contributed by atoms with Gasteiger partial charge < -0.3 is 10.4 Å². The number of nitrogens with zero attached hydrogens (tertiary/aromatic N) is 1. The minimum Gasteiger partial charge on any atom is -0.478 e. The third-order valence-corrected chi connectivity index (χ3v) is 4.01. The smallest absolute Gasteiger partial charge is 0.335 e. The van der Waals surface area contributed by atoms with Crippen molar-refractivity contribution in [3.05, 3.63) is 40.4 Å². The molecule has 3 rings (SSSR count). The van der Waals surface area contributed by atoms with Gasteiger partial charge in [-0.2, -0.15) is 0 Å². The van der Waals surface area contributed by atoms with Crippen molar-refractivity contribution in [3.8, 4) is 0 Å². The summed E-state index contributed by atoms with van der Waals surface area (Å²) in [6, 6.07) is 5.06. The molecule has 1 fully saturated rings. The van der Waals surface area contributed by atoms with Crippen molar-refractivity contribution in [2.45, 2.75) is 25.7 Å². The van der Waals surface area contributed by atoms with E-state index in [9.17, 15) is 4.79 Å². The van der Waals surface area contributed by atoms with E-state index in [1.165, 1.54) is 18.5 Å². The number of thiazole rings is 1. The second-order valence-electron chi connectivity index (χ2n) is 4.81. The van der Waals surface area contributed by atoms with Crippen LogP contribution >= 0.6 is 11.3 Å². The molecule has 5 heteroatoms. The zero-order valence-electron chi connectivity index (χ0n) is 10.5. The van der Waals surface area contributed by atoms with Crippen molar-refractivity contribution < 1.29 is 9.90 Å². The average molecular weight is 274 g/mol. The van der Waals surface area contributed by atoms with E-state index in [0.29, 0.717) is 11.5 Å². The molecular formula is C14H14N2O2S.